The van der Waals surface area contributed by atoms with Crippen LogP contribution in [0.2, 0.25) is 0 Å². The lowest BCUT2D eigenvalue weighted by atomic mass is 10.0. The lowest BCUT2D eigenvalue weighted by molar-refractivity contribution is -0.120. The summed E-state index contributed by atoms with van der Waals surface area (Å²) in [5, 5.41) is 2.97. The Labute approximate surface area is 139 Å². The number of piperidine rings is 1. The van der Waals surface area contributed by atoms with Crippen molar-refractivity contribution < 1.29 is 4.79 Å². The predicted octanol–water partition coefficient (Wildman–Crippen LogP) is 1.88. The van der Waals surface area contributed by atoms with Crippen LogP contribution in [-0.2, 0) is 11.3 Å². The molecule has 1 amide bonds. The number of amides is 1. The largest absolute Gasteiger partial charge is 0.352 e. The highest BCUT2D eigenvalue weighted by Crippen LogP contribution is 2.15. The van der Waals surface area contributed by atoms with E-state index < -0.39 is 0 Å². The van der Waals surface area contributed by atoms with Crippen LogP contribution in [0.4, 0.5) is 0 Å². The maximum Gasteiger partial charge on any atom is 0.233 e. The Morgan fingerprint density at radius 3 is 2.48 bits per heavy atom. The first kappa shape index (κ1) is 20.2. The Morgan fingerprint density at radius 1 is 1.29 bits per heavy atom. The molecule has 4 nitrogen and oxygen atoms in total. The second-order valence-electron chi connectivity index (χ2n) is 5.25. The van der Waals surface area contributed by atoms with Gasteiger partial charge in [0.15, 0.2) is 0 Å². The third-order valence-corrected chi connectivity index (χ3v) is 3.79. The van der Waals surface area contributed by atoms with Crippen LogP contribution in [0.15, 0.2) is 24.3 Å². The molecule has 1 aliphatic rings. The van der Waals surface area contributed by atoms with Gasteiger partial charge in [-0.1, -0.05) is 24.3 Å². The number of halogens is 2. The van der Waals surface area contributed by atoms with Gasteiger partial charge >= 0.3 is 0 Å². The monoisotopic (exact) mass is 333 g/mol. The molecule has 21 heavy (non-hydrogen) atoms. The summed E-state index contributed by atoms with van der Waals surface area (Å²) in [5.74, 6) is -0.0441. The van der Waals surface area contributed by atoms with Crippen molar-refractivity contribution in [1.29, 1.82) is 0 Å². The van der Waals surface area contributed by atoms with Crippen molar-refractivity contribution in [2.45, 2.75) is 32.4 Å². The van der Waals surface area contributed by atoms with Gasteiger partial charge < -0.3 is 11.1 Å². The van der Waals surface area contributed by atoms with Crippen LogP contribution in [0.1, 0.15) is 24.0 Å². The van der Waals surface area contributed by atoms with Gasteiger partial charge in [-0.05, 0) is 30.9 Å². The smallest absolute Gasteiger partial charge is 0.233 e. The average Bonchev–Trinajstić information content (AvgIpc) is 2.43. The van der Waals surface area contributed by atoms with Gasteiger partial charge in [0, 0.05) is 25.7 Å². The molecular formula is C15H25Cl2N3O. The van der Waals surface area contributed by atoms with Crippen molar-refractivity contribution in [2.24, 2.45) is 5.73 Å². The van der Waals surface area contributed by atoms with Crippen LogP contribution in [0, 0.1) is 6.92 Å². The summed E-state index contributed by atoms with van der Waals surface area (Å²) in [6.45, 7) is 5.31. The first-order valence-corrected chi connectivity index (χ1v) is 6.95. The maximum atomic E-state index is 11.2. The molecule has 3 N–H and O–H groups in total. The Morgan fingerprint density at radius 2 is 1.90 bits per heavy atom. The number of aryl methyl sites for hydroxylation is 1. The van der Waals surface area contributed by atoms with Crippen LogP contribution in [0.25, 0.3) is 0 Å². The minimum atomic E-state index is -0.0441. The highest BCUT2D eigenvalue weighted by molar-refractivity contribution is 5.85. The molecule has 0 unspecified atom stereocenters. The molecule has 1 aromatic rings. The summed E-state index contributed by atoms with van der Waals surface area (Å²) in [6.07, 6.45) is 2.02. The SMILES string of the molecule is Cc1ccccc1CN1CCC(NC(=O)CN)CC1.Cl.Cl. The third kappa shape index (κ3) is 6.22. The number of hydrogen-bond acceptors (Lipinski definition) is 3. The Balaban J connectivity index is 0.00000200. The number of nitrogens with zero attached hydrogens (tertiary/aromatic N) is 1. The van der Waals surface area contributed by atoms with Gasteiger partial charge in [-0.25, -0.2) is 0 Å². The molecule has 0 aliphatic carbocycles. The van der Waals surface area contributed by atoms with E-state index in [1.165, 1.54) is 11.1 Å². The zero-order valence-electron chi connectivity index (χ0n) is 12.4. The molecule has 0 spiro atoms. The van der Waals surface area contributed by atoms with Crippen molar-refractivity contribution in [1.82, 2.24) is 10.2 Å². The van der Waals surface area contributed by atoms with Crippen molar-refractivity contribution >= 4 is 30.7 Å². The van der Waals surface area contributed by atoms with E-state index in [1.54, 1.807) is 0 Å². The lowest BCUT2D eigenvalue weighted by Gasteiger charge is -2.32. The molecule has 1 heterocycles. The lowest BCUT2D eigenvalue weighted by Crippen LogP contribution is -2.46. The normalized spacial score (nSPS) is 15.7. The molecular weight excluding hydrogens is 309 g/mol. The molecule has 0 radical (unpaired) electrons. The fourth-order valence-corrected chi connectivity index (χ4v) is 2.55. The Hall–Kier alpha value is -0.810. The van der Waals surface area contributed by atoms with Crippen molar-refractivity contribution in [3.05, 3.63) is 35.4 Å². The van der Waals surface area contributed by atoms with Crippen LogP contribution in [0.3, 0.4) is 0 Å². The van der Waals surface area contributed by atoms with Gasteiger partial charge in [-0.15, -0.1) is 24.8 Å². The number of carbonyl (C=O) groups is 1. The number of nitrogens with two attached hydrogens (primary N) is 1. The molecule has 0 atom stereocenters. The van der Waals surface area contributed by atoms with Gasteiger partial charge in [-0.3, -0.25) is 9.69 Å². The van der Waals surface area contributed by atoms with E-state index in [1.807, 2.05) is 0 Å². The molecule has 120 valence electrons. The standard InChI is InChI=1S/C15H23N3O.2ClH/c1-12-4-2-3-5-13(12)11-18-8-6-14(7-9-18)17-15(19)10-16;;/h2-5,14H,6-11,16H2,1H3,(H,17,19);2*1H. The average molecular weight is 334 g/mol. The van der Waals surface area contributed by atoms with Gasteiger partial charge in [-0.2, -0.15) is 0 Å². The van der Waals surface area contributed by atoms with E-state index in [9.17, 15) is 4.79 Å². The second-order valence-corrected chi connectivity index (χ2v) is 5.25. The minimum Gasteiger partial charge on any atom is -0.352 e. The summed E-state index contributed by atoms with van der Waals surface area (Å²) in [5.41, 5.74) is 8.06. The first-order valence-electron chi connectivity index (χ1n) is 6.95. The van der Waals surface area contributed by atoms with E-state index in [0.717, 1.165) is 32.5 Å². The molecule has 0 bridgehead atoms. The quantitative estimate of drug-likeness (QED) is 0.884. The van der Waals surface area contributed by atoms with Crippen molar-refractivity contribution in [3.8, 4) is 0 Å². The topological polar surface area (TPSA) is 58.4 Å². The van der Waals surface area contributed by atoms with Crippen LogP contribution < -0.4 is 11.1 Å². The number of rotatable bonds is 4. The summed E-state index contributed by atoms with van der Waals surface area (Å²) in [4.78, 5) is 13.7. The van der Waals surface area contributed by atoms with Gasteiger partial charge in [0.05, 0.1) is 6.54 Å². The van der Waals surface area contributed by atoms with E-state index in [0.29, 0.717) is 6.04 Å². The minimum absolute atomic E-state index is 0. The second kappa shape index (κ2) is 10.0. The van der Waals surface area contributed by atoms with E-state index >= 15 is 0 Å². The zero-order valence-corrected chi connectivity index (χ0v) is 14.0. The number of benzene rings is 1. The third-order valence-electron chi connectivity index (χ3n) is 3.79. The number of likely N-dealkylation sites (tertiary alicyclic amines) is 1. The number of hydrogen-bond donors (Lipinski definition) is 2. The summed E-state index contributed by atoms with van der Waals surface area (Å²) < 4.78 is 0. The van der Waals surface area contributed by atoms with Crippen molar-refractivity contribution in [3.63, 3.8) is 0 Å². The van der Waals surface area contributed by atoms with Gasteiger partial charge in [0.25, 0.3) is 0 Å². The van der Waals surface area contributed by atoms with E-state index in [2.05, 4.69) is 41.4 Å². The van der Waals surface area contributed by atoms with E-state index in [4.69, 9.17) is 5.73 Å². The van der Waals surface area contributed by atoms with E-state index in [-0.39, 0.29) is 37.3 Å². The van der Waals surface area contributed by atoms with Gasteiger partial charge in [0.2, 0.25) is 5.91 Å². The molecule has 0 aromatic heterocycles. The molecule has 1 aliphatic heterocycles. The highest BCUT2D eigenvalue weighted by Gasteiger charge is 2.20. The predicted molar refractivity (Wildman–Crippen MR) is 91.2 cm³/mol. The van der Waals surface area contributed by atoms with Crippen LogP contribution >= 0.6 is 24.8 Å². The highest BCUT2D eigenvalue weighted by atomic mass is 35.5. The molecule has 2 rings (SSSR count). The molecule has 1 aromatic carbocycles. The van der Waals surface area contributed by atoms with Crippen LogP contribution in [-0.4, -0.2) is 36.5 Å². The summed E-state index contributed by atoms with van der Waals surface area (Å²) in [6, 6.07) is 8.81. The van der Waals surface area contributed by atoms with Gasteiger partial charge in [0.1, 0.15) is 0 Å². The van der Waals surface area contributed by atoms with Crippen molar-refractivity contribution in [2.75, 3.05) is 19.6 Å². The fraction of sp³-hybridized carbons (Fsp3) is 0.533. The number of nitrogens with one attached hydrogen (secondary N) is 1. The molecule has 0 saturated carbocycles. The molecule has 6 heteroatoms. The Bertz CT molecular complexity index is 435. The number of carbonyl (C=O) groups excluding carboxylic acids is 1. The molecule has 1 saturated heterocycles. The maximum absolute atomic E-state index is 11.2. The Kier molecular flexibility index (Phi) is 9.62. The molecule has 1 fully saturated rings. The zero-order chi connectivity index (χ0) is 13.7. The summed E-state index contributed by atoms with van der Waals surface area (Å²) >= 11 is 0. The summed E-state index contributed by atoms with van der Waals surface area (Å²) in [7, 11) is 0. The fourth-order valence-electron chi connectivity index (χ4n) is 2.55. The van der Waals surface area contributed by atoms with Crippen LogP contribution in [0.5, 0.6) is 0 Å². The first-order chi connectivity index (χ1) is 9.19.